The molecule has 0 saturated heterocycles. The number of rotatable bonds is 6. The summed E-state index contributed by atoms with van der Waals surface area (Å²) in [5.41, 5.74) is 0. The molecule has 2 atom stereocenters. The molecule has 1 aliphatic rings. The zero-order chi connectivity index (χ0) is 11.4. The summed E-state index contributed by atoms with van der Waals surface area (Å²) >= 11 is 0. The molecule has 0 aromatic rings. The highest BCUT2D eigenvalue weighted by molar-refractivity contribution is 5.81. The van der Waals surface area contributed by atoms with Crippen LogP contribution in [0, 0.1) is 11.8 Å². The Hall–Kier alpha value is -0.570. The van der Waals surface area contributed by atoms with Crippen LogP contribution in [-0.4, -0.2) is 25.0 Å². The summed E-state index contributed by atoms with van der Waals surface area (Å²) in [6, 6.07) is 0.455. The Labute approximate surface area is 93.0 Å². The highest BCUT2D eigenvalue weighted by atomic mass is 16.2. The fourth-order valence-corrected chi connectivity index (χ4v) is 1.95. The molecule has 0 aliphatic heterocycles. The number of nitrogens with one attached hydrogen (secondary N) is 2. The molecule has 15 heavy (non-hydrogen) atoms. The maximum absolute atomic E-state index is 11.7. The van der Waals surface area contributed by atoms with Gasteiger partial charge >= 0.3 is 0 Å². The van der Waals surface area contributed by atoms with Crippen LogP contribution in [0.1, 0.15) is 40.0 Å². The molecule has 1 saturated carbocycles. The maximum atomic E-state index is 11.7. The zero-order valence-corrected chi connectivity index (χ0v) is 10.3. The topological polar surface area (TPSA) is 41.1 Å². The fourth-order valence-electron chi connectivity index (χ4n) is 1.95. The van der Waals surface area contributed by atoms with Crippen LogP contribution in [0.15, 0.2) is 0 Å². The molecule has 0 heterocycles. The summed E-state index contributed by atoms with van der Waals surface area (Å²) < 4.78 is 0. The van der Waals surface area contributed by atoms with Gasteiger partial charge in [-0.3, -0.25) is 4.79 Å². The van der Waals surface area contributed by atoms with Crippen molar-refractivity contribution in [3.63, 3.8) is 0 Å². The molecule has 2 N–H and O–H groups in total. The summed E-state index contributed by atoms with van der Waals surface area (Å²) in [5.74, 6) is 1.46. The van der Waals surface area contributed by atoms with Gasteiger partial charge in [-0.25, -0.2) is 0 Å². The van der Waals surface area contributed by atoms with Crippen LogP contribution in [-0.2, 0) is 4.79 Å². The summed E-state index contributed by atoms with van der Waals surface area (Å²) in [5, 5.41) is 6.18. The standard InChI is InChI=1S/C12H24N2O/c1-8(2)7-11(12(15)13-4)14-9(3)10-5-6-10/h8-11,14H,5-7H2,1-4H3,(H,13,15). The Bertz CT molecular complexity index is 212. The van der Waals surface area contributed by atoms with Gasteiger partial charge in [-0.1, -0.05) is 13.8 Å². The van der Waals surface area contributed by atoms with Crippen molar-refractivity contribution in [2.45, 2.75) is 52.1 Å². The first-order valence-electron chi connectivity index (χ1n) is 6.02. The number of carbonyl (C=O) groups is 1. The van der Waals surface area contributed by atoms with E-state index in [9.17, 15) is 4.79 Å². The Balaban J connectivity index is 2.43. The second-order valence-electron chi connectivity index (χ2n) is 5.09. The average Bonchev–Trinajstić information content (AvgIpc) is 2.97. The molecule has 0 aromatic carbocycles. The molecule has 3 nitrogen and oxygen atoms in total. The SMILES string of the molecule is CNC(=O)C(CC(C)C)NC(C)C1CC1. The van der Waals surface area contributed by atoms with Crippen molar-refractivity contribution >= 4 is 5.91 Å². The van der Waals surface area contributed by atoms with Gasteiger partial charge in [0, 0.05) is 13.1 Å². The maximum Gasteiger partial charge on any atom is 0.236 e. The zero-order valence-electron chi connectivity index (χ0n) is 10.3. The van der Waals surface area contributed by atoms with Gasteiger partial charge in [0.15, 0.2) is 0 Å². The lowest BCUT2D eigenvalue weighted by Gasteiger charge is -2.23. The number of hydrogen-bond acceptors (Lipinski definition) is 2. The van der Waals surface area contributed by atoms with Gasteiger partial charge in [0.1, 0.15) is 0 Å². The van der Waals surface area contributed by atoms with Crippen LogP contribution in [0.4, 0.5) is 0 Å². The minimum absolute atomic E-state index is 0.0226. The van der Waals surface area contributed by atoms with Gasteiger partial charge in [0.25, 0.3) is 0 Å². The molecule has 1 rings (SSSR count). The van der Waals surface area contributed by atoms with E-state index in [1.807, 2.05) is 0 Å². The number of hydrogen-bond donors (Lipinski definition) is 2. The quantitative estimate of drug-likeness (QED) is 0.701. The van der Waals surface area contributed by atoms with E-state index in [1.54, 1.807) is 7.05 Å². The van der Waals surface area contributed by atoms with E-state index in [1.165, 1.54) is 12.8 Å². The van der Waals surface area contributed by atoms with E-state index < -0.39 is 0 Å². The molecular formula is C12H24N2O. The summed E-state index contributed by atoms with van der Waals surface area (Å²) in [4.78, 5) is 11.7. The van der Waals surface area contributed by atoms with Crippen molar-refractivity contribution in [1.82, 2.24) is 10.6 Å². The second kappa shape index (κ2) is 5.50. The lowest BCUT2D eigenvalue weighted by atomic mass is 10.0. The molecule has 0 spiro atoms. The summed E-state index contributed by atoms with van der Waals surface area (Å²) in [6.45, 7) is 6.49. The first-order valence-corrected chi connectivity index (χ1v) is 6.02. The molecule has 0 aromatic heterocycles. The van der Waals surface area contributed by atoms with Crippen LogP contribution in [0.3, 0.4) is 0 Å². The third-order valence-electron chi connectivity index (χ3n) is 3.06. The van der Waals surface area contributed by atoms with Crippen molar-refractivity contribution in [1.29, 1.82) is 0 Å². The predicted octanol–water partition coefficient (Wildman–Crippen LogP) is 1.54. The third kappa shape index (κ3) is 4.20. The van der Waals surface area contributed by atoms with Crippen LogP contribution in [0.2, 0.25) is 0 Å². The van der Waals surface area contributed by atoms with E-state index in [2.05, 4.69) is 31.4 Å². The molecule has 88 valence electrons. The van der Waals surface area contributed by atoms with Crippen molar-refractivity contribution in [3.05, 3.63) is 0 Å². The Kier molecular flexibility index (Phi) is 4.58. The Morgan fingerprint density at radius 2 is 1.93 bits per heavy atom. The Morgan fingerprint density at radius 1 is 1.33 bits per heavy atom. The molecule has 1 amide bonds. The smallest absolute Gasteiger partial charge is 0.236 e. The van der Waals surface area contributed by atoms with Gasteiger partial charge in [0.05, 0.1) is 6.04 Å². The minimum Gasteiger partial charge on any atom is -0.358 e. The van der Waals surface area contributed by atoms with Gasteiger partial charge in [-0.2, -0.15) is 0 Å². The second-order valence-corrected chi connectivity index (χ2v) is 5.09. The monoisotopic (exact) mass is 212 g/mol. The molecule has 0 radical (unpaired) electrons. The molecule has 1 aliphatic carbocycles. The van der Waals surface area contributed by atoms with Crippen LogP contribution < -0.4 is 10.6 Å². The number of amides is 1. The van der Waals surface area contributed by atoms with Gasteiger partial charge in [-0.05, 0) is 38.0 Å². The van der Waals surface area contributed by atoms with Crippen molar-refractivity contribution in [2.24, 2.45) is 11.8 Å². The predicted molar refractivity (Wildman–Crippen MR) is 62.6 cm³/mol. The van der Waals surface area contributed by atoms with E-state index >= 15 is 0 Å². The van der Waals surface area contributed by atoms with E-state index in [4.69, 9.17) is 0 Å². The molecule has 2 unspecified atom stereocenters. The van der Waals surface area contributed by atoms with Gasteiger partial charge < -0.3 is 10.6 Å². The fraction of sp³-hybridized carbons (Fsp3) is 0.917. The minimum atomic E-state index is -0.0226. The highest BCUT2D eigenvalue weighted by Gasteiger charge is 2.30. The molecular weight excluding hydrogens is 188 g/mol. The molecule has 1 fully saturated rings. The van der Waals surface area contributed by atoms with E-state index in [0.29, 0.717) is 12.0 Å². The first kappa shape index (κ1) is 12.5. The third-order valence-corrected chi connectivity index (χ3v) is 3.06. The van der Waals surface area contributed by atoms with Crippen LogP contribution in [0.5, 0.6) is 0 Å². The molecule has 3 heteroatoms. The normalized spacial score (nSPS) is 20.1. The summed E-state index contributed by atoms with van der Waals surface area (Å²) in [6.07, 6.45) is 3.54. The van der Waals surface area contributed by atoms with Gasteiger partial charge in [0.2, 0.25) is 5.91 Å². The van der Waals surface area contributed by atoms with Crippen molar-refractivity contribution < 1.29 is 4.79 Å². The van der Waals surface area contributed by atoms with Crippen molar-refractivity contribution in [2.75, 3.05) is 7.05 Å². The number of likely N-dealkylation sites (N-methyl/N-ethyl adjacent to an activating group) is 1. The van der Waals surface area contributed by atoms with Crippen LogP contribution in [0.25, 0.3) is 0 Å². The van der Waals surface area contributed by atoms with Gasteiger partial charge in [-0.15, -0.1) is 0 Å². The average molecular weight is 212 g/mol. The lowest BCUT2D eigenvalue weighted by molar-refractivity contribution is -0.123. The largest absolute Gasteiger partial charge is 0.358 e. The first-order chi connectivity index (χ1) is 7.04. The van der Waals surface area contributed by atoms with Crippen molar-refractivity contribution in [3.8, 4) is 0 Å². The Morgan fingerprint density at radius 3 is 2.33 bits per heavy atom. The number of carbonyl (C=O) groups excluding carboxylic acids is 1. The molecule has 0 bridgehead atoms. The highest BCUT2D eigenvalue weighted by Crippen LogP contribution is 2.32. The van der Waals surface area contributed by atoms with E-state index in [0.717, 1.165) is 12.3 Å². The van der Waals surface area contributed by atoms with Crippen LogP contribution >= 0.6 is 0 Å². The summed E-state index contributed by atoms with van der Waals surface area (Å²) in [7, 11) is 1.71. The van der Waals surface area contributed by atoms with E-state index in [-0.39, 0.29) is 11.9 Å². The lowest BCUT2D eigenvalue weighted by Crippen LogP contribution is -2.47.